The largest absolute Gasteiger partial charge is 0.239 e. The summed E-state index contributed by atoms with van der Waals surface area (Å²) in [6.45, 7) is 2.10. The fourth-order valence-corrected chi connectivity index (χ4v) is 2.85. The van der Waals surface area contributed by atoms with Crippen molar-refractivity contribution in [2.45, 2.75) is 12.8 Å². The van der Waals surface area contributed by atoms with Crippen LogP contribution in [0.1, 0.15) is 9.88 Å². The lowest BCUT2D eigenvalue weighted by molar-refractivity contribution is 1.27. The summed E-state index contributed by atoms with van der Waals surface area (Å²) in [6.07, 6.45) is 0. The Morgan fingerprint density at radius 3 is 2.85 bits per heavy atom. The Bertz CT molecular complexity index is 405. The molecule has 2 rings (SSSR count). The van der Waals surface area contributed by atoms with Gasteiger partial charge in [-0.2, -0.15) is 0 Å². The van der Waals surface area contributed by atoms with Crippen LogP contribution in [0.15, 0.2) is 17.5 Å². The number of alkyl halides is 1. The van der Waals surface area contributed by atoms with Crippen LogP contribution in [-0.2, 0) is 5.88 Å². The first-order chi connectivity index (χ1) is 6.29. The van der Waals surface area contributed by atoms with E-state index in [2.05, 4.69) is 29.4 Å². The highest BCUT2D eigenvalue weighted by Gasteiger charge is 2.05. The Hall–Kier alpha value is -0.380. The summed E-state index contributed by atoms with van der Waals surface area (Å²) in [5, 5.41) is 3.05. The highest BCUT2D eigenvalue weighted by Crippen LogP contribution is 2.28. The summed E-state index contributed by atoms with van der Waals surface area (Å²) in [6, 6.07) is 4.22. The predicted molar refractivity (Wildman–Crippen MR) is 59.7 cm³/mol. The Balaban J connectivity index is 2.35. The van der Waals surface area contributed by atoms with Crippen molar-refractivity contribution >= 4 is 34.3 Å². The summed E-state index contributed by atoms with van der Waals surface area (Å²) in [7, 11) is 0. The van der Waals surface area contributed by atoms with Gasteiger partial charge in [0.1, 0.15) is 5.01 Å². The van der Waals surface area contributed by atoms with Crippen LogP contribution in [0.25, 0.3) is 10.6 Å². The molecule has 2 aromatic heterocycles. The maximum Gasteiger partial charge on any atom is 0.108 e. The first kappa shape index (κ1) is 9.19. The molecule has 0 bridgehead atoms. The molecule has 0 atom stereocenters. The number of nitrogens with zero attached hydrogens (tertiary/aromatic N) is 1. The van der Waals surface area contributed by atoms with Crippen molar-refractivity contribution in [1.82, 2.24) is 4.98 Å². The molecule has 0 aliphatic carbocycles. The molecule has 0 unspecified atom stereocenters. The molecule has 68 valence electrons. The minimum absolute atomic E-state index is 0.509. The molecule has 2 aromatic rings. The third-order valence-corrected chi connectivity index (χ3v) is 3.94. The lowest BCUT2D eigenvalue weighted by Crippen LogP contribution is -1.74. The summed E-state index contributed by atoms with van der Waals surface area (Å²) in [4.78, 5) is 6.95. The van der Waals surface area contributed by atoms with E-state index in [1.165, 1.54) is 9.75 Å². The first-order valence-electron chi connectivity index (χ1n) is 3.87. The van der Waals surface area contributed by atoms with Crippen molar-refractivity contribution in [2.75, 3.05) is 0 Å². The van der Waals surface area contributed by atoms with Crippen LogP contribution in [0.5, 0.6) is 0 Å². The van der Waals surface area contributed by atoms with Gasteiger partial charge in [-0.1, -0.05) is 0 Å². The molecule has 0 aromatic carbocycles. The van der Waals surface area contributed by atoms with Gasteiger partial charge in [0.15, 0.2) is 0 Å². The molecule has 0 radical (unpaired) electrons. The minimum atomic E-state index is 0.509. The Morgan fingerprint density at radius 1 is 1.46 bits per heavy atom. The van der Waals surface area contributed by atoms with E-state index in [0.717, 1.165) is 10.7 Å². The number of hydrogen-bond acceptors (Lipinski definition) is 3. The van der Waals surface area contributed by atoms with E-state index in [-0.39, 0.29) is 0 Å². The number of thiophene rings is 1. The van der Waals surface area contributed by atoms with Gasteiger partial charge in [-0.05, 0) is 19.1 Å². The topological polar surface area (TPSA) is 12.9 Å². The van der Waals surface area contributed by atoms with Gasteiger partial charge in [-0.25, -0.2) is 4.98 Å². The van der Waals surface area contributed by atoms with Crippen LogP contribution in [0, 0.1) is 6.92 Å². The molecule has 13 heavy (non-hydrogen) atoms. The molecular formula is C9H8ClNS2. The Morgan fingerprint density at radius 2 is 2.31 bits per heavy atom. The van der Waals surface area contributed by atoms with Gasteiger partial charge < -0.3 is 0 Å². The maximum absolute atomic E-state index is 5.68. The van der Waals surface area contributed by atoms with E-state index in [1.807, 2.05) is 0 Å². The number of rotatable bonds is 2. The number of aryl methyl sites for hydroxylation is 1. The van der Waals surface area contributed by atoms with Crippen LogP contribution in [0.3, 0.4) is 0 Å². The average molecular weight is 230 g/mol. The zero-order valence-electron chi connectivity index (χ0n) is 7.08. The monoisotopic (exact) mass is 229 g/mol. The van der Waals surface area contributed by atoms with E-state index in [9.17, 15) is 0 Å². The molecule has 1 nitrogen and oxygen atoms in total. The van der Waals surface area contributed by atoms with Crippen molar-refractivity contribution < 1.29 is 0 Å². The summed E-state index contributed by atoms with van der Waals surface area (Å²) in [5.41, 5.74) is 1.05. The van der Waals surface area contributed by atoms with Gasteiger partial charge in [-0.15, -0.1) is 34.3 Å². The number of halogens is 1. The zero-order chi connectivity index (χ0) is 9.26. The van der Waals surface area contributed by atoms with Gasteiger partial charge >= 0.3 is 0 Å². The highest BCUT2D eigenvalue weighted by molar-refractivity contribution is 7.16. The summed E-state index contributed by atoms with van der Waals surface area (Å²) < 4.78 is 0. The van der Waals surface area contributed by atoms with Crippen molar-refractivity contribution in [3.05, 3.63) is 27.4 Å². The van der Waals surface area contributed by atoms with Crippen LogP contribution >= 0.6 is 34.3 Å². The van der Waals surface area contributed by atoms with Gasteiger partial charge in [-0.3, -0.25) is 0 Å². The lowest BCUT2D eigenvalue weighted by Gasteiger charge is -1.87. The number of aromatic nitrogens is 1. The number of thiazole rings is 1. The third kappa shape index (κ3) is 1.93. The lowest BCUT2D eigenvalue weighted by atomic mass is 10.4. The Labute approximate surface area is 90.0 Å². The predicted octanol–water partition coefficient (Wildman–Crippen LogP) is 3.92. The van der Waals surface area contributed by atoms with Crippen LogP contribution in [0.4, 0.5) is 0 Å². The van der Waals surface area contributed by atoms with Gasteiger partial charge in [0, 0.05) is 10.3 Å². The average Bonchev–Trinajstić information content (AvgIpc) is 2.71. The molecule has 0 saturated heterocycles. The SMILES string of the molecule is Cc1ccc(-c2csc(CCl)n2)s1. The van der Waals surface area contributed by atoms with E-state index < -0.39 is 0 Å². The van der Waals surface area contributed by atoms with Crippen molar-refractivity contribution in [3.8, 4) is 10.6 Å². The van der Waals surface area contributed by atoms with E-state index in [1.54, 1.807) is 22.7 Å². The summed E-state index contributed by atoms with van der Waals surface area (Å²) in [5.74, 6) is 0.509. The Kier molecular flexibility index (Phi) is 2.67. The van der Waals surface area contributed by atoms with Crippen molar-refractivity contribution in [2.24, 2.45) is 0 Å². The van der Waals surface area contributed by atoms with E-state index >= 15 is 0 Å². The van der Waals surface area contributed by atoms with Gasteiger partial charge in [0.25, 0.3) is 0 Å². The van der Waals surface area contributed by atoms with Gasteiger partial charge in [0.2, 0.25) is 0 Å². The molecule has 0 fully saturated rings. The van der Waals surface area contributed by atoms with E-state index in [4.69, 9.17) is 11.6 Å². The number of hydrogen-bond donors (Lipinski definition) is 0. The fraction of sp³-hybridized carbons (Fsp3) is 0.222. The zero-order valence-corrected chi connectivity index (χ0v) is 9.47. The fourth-order valence-electron chi connectivity index (χ4n) is 1.06. The van der Waals surface area contributed by atoms with Crippen LogP contribution < -0.4 is 0 Å². The molecule has 2 heterocycles. The van der Waals surface area contributed by atoms with Crippen LogP contribution in [-0.4, -0.2) is 4.98 Å². The van der Waals surface area contributed by atoms with Crippen molar-refractivity contribution in [1.29, 1.82) is 0 Å². The molecule has 0 amide bonds. The standard InChI is InChI=1S/C9H8ClNS2/c1-6-2-3-8(13-6)7-5-12-9(4-10)11-7/h2-3,5H,4H2,1H3. The first-order valence-corrected chi connectivity index (χ1v) is 6.10. The second-order valence-electron chi connectivity index (χ2n) is 2.67. The molecule has 0 aliphatic heterocycles. The molecule has 0 saturated carbocycles. The third-order valence-electron chi connectivity index (χ3n) is 1.66. The highest BCUT2D eigenvalue weighted by atomic mass is 35.5. The minimum Gasteiger partial charge on any atom is -0.239 e. The second kappa shape index (κ2) is 3.78. The van der Waals surface area contributed by atoms with Gasteiger partial charge in [0.05, 0.1) is 16.5 Å². The second-order valence-corrected chi connectivity index (χ2v) is 5.17. The van der Waals surface area contributed by atoms with Crippen LogP contribution in [0.2, 0.25) is 0 Å². The molecule has 0 aliphatic rings. The molecule has 0 N–H and O–H groups in total. The summed E-state index contributed by atoms with van der Waals surface area (Å²) >= 11 is 9.07. The van der Waals surface area contributed by atoms with Crippen molar-refractivity contribution in [3.63, 3.8) is 0 Å². The normalized spacial score (nSPS) is 10.6. The molecular weight excluding hydrogens is 222 g/mol. The smallest absolute Gasteiger partial charge is 0.108 e. The quantitative estimate of drug-likeness (QED) is 0.712. The van der Waals surface area contributed by atoms with E-state index in [0.29, 0.717) is 5.88 Å². The molecule has 0 spiro atoms. The molecule has 4 heteroatoms. The maximum atomic E-state index is 5.68.